The molecule has 1 amide bonds. The fourth-order valence-electron chi connectivity index (χ4n) is 4.90. The Morgan fingerprint density at radius 2 is 1.47 bits per heavy atom. The van der Waals surface area contributed by atoms with Crippen molar-refractivity contribution in [3.63, 3.8) is 0 Å². The Labute approximate surface area is 258 Å². The lowest BCUT2D eigenvalue weighted by atomic mass is 10.1. The molecule has 0 saturated carbocycles. The zero-order valence-electron chi connectivity index (χ0n) is 26.3. The van der Waals surface area contributed by atoms with Gasteiger partial charge < -0.3 is 19.9 Å². The van der Waals surface area contributed by atoms with E-state index in [-0.39, 0.29) is 18.5 Å². The quantitative estimate of drug-likeness (QED) is 0.113. The molecule has 6 heteroatoms. The van der Waals surface area contributed by atoms with Crippen LogP contribution < -0.4 is 10.2 Å². The maximum Gasteiger partial charge on any atom is 0.306 e. The lowest BCUT2D eigenvalue weighted by Gasteiger charge is -2.21. The fraction of sp³-hybridized carbons (Fsp3) is 0.405. The molecule has 0 unspecified atom stereocenters. The second-order valence-electron chi connectivity index (χ2n) is 11.3. The third-order valence-electron chi connectivity index (χ3n) is 7.28. The van der Waals surface area contributed by atoms with Gasteiger partial charge in [-0.2, -0.15) is 0 Å². The number of benzene rings is 3. The minimum absolute atomic E-state index is 0.0185. The van der Waals surface area contributed by atoms with E-state index in [0.717, 1.165) is 62.1 Å². The Bertz CT molecular complexity index is 1260. The highest BCUT2D eigenvalue weighted by molar-refractivity contribution is 5.94. The molecule has 0 aliphatic heterocycles. The van der Waals surface area contributed by atoms with Crippen molar-refractivity contribution in [1.82, 2.24) is 4.90 Å². The maximum absolute atomic E-state index is 12.7. The van der Waals surface area contributed by atoms with E-state index in [1.807, 2.05) is 50.2 Å². The number of esters is 1. The molecule has 0 atom stereocenters. The molecule has 0 bridgehead atoms. The molecule has 0 aromatic heterocycles. The van der Waals surface area contributed by atoms with Gasteiger partial charge in [0.25, 0.3) is 0 Å². The van der Waals surface area contributed by atoms with Crippen molar-refractivity contribution in [1.29, 1.82) is 0 Å². The number of amides is 1. The van der Waals surface area contributed by atoms with E-state index in [0.29, 0.717) is 12.8 Å². The van der Waals surface area contributed by atoms with E-state index >= 15 is 0 Å². The van der Waals surface area contributed by atoms with Crippen molar-refractivity contribution in [3.8, 4) is 0 Å². The van der Waals surface area contributed by atoms with Crippen LogP contribution in [0.15, 0.2) is 85.1 Å². The molecule has 1 N–H and O–H groups in total. The molecule has 0 spiro atoms. The van der Waals surface area contributed by atoms with Crippen LogP contribution in [0.3, 0.4) is 0 Å². The smallest absolute Gasteiger partial charge is 0.306 e. The van der Waals surface area contributed by atoms with E-state index in [2.05, 4.69) is 77.1 Å². The molecule has 0 fully saturated rings. The number of nitrogens with zero attached hydrogens (tertiary/aromatic N) is 2. The van der Waals surface area contributed by atoms with Gasteiger partial charge in [0, 0.05) is 40.0 Å². The molecule has 6 nitrogen and oxygen atoms in total. The standard InChI is InChI=1S/C37H49N3O3/c1-4-17-37(42)43-30-33-23-24-35(39(2)3)34(28-33)38-36(41)22-15-7-5-6-8-16-26-40(29-32-20-13-10-14-21-32)27-25-31-18-11-9-12-19-31/h9-14,18-21,23-25,27-28H,4-8,15-17,22,26,29-30H2,1-3H3,(H,38,41). The predicted octanol–water partition coefficient (Wildman–Crippen LogP) is 8.44. The Morgan fingerprint density at radius 3 is 2.16 bits per heavy atom. The van der Waals surface area contributed by atoms with Gasteiger partial charge >= 0.3 is 5.97 Å². The van der Waals surface area contributed by atoms with Crippen molar-refractivity contribution in [2.75, 3.05) is 30.9 Å². The van der Waals surface area contributed by atoms with E-state index < -0.39 is 0 Å². The second kappa shape index (κ2) is 19.2. The largest absolute Gasteiger partial charge is 0.461 e. The summed E-state index contributed by atoms with van der Waals surface area (Å²) >= 11 is 0. The molecule has 230 valence electrons. The zero-order valence-corrected chi connectivity index (χ0v) is 26.3. The van der Waals surface area contributed by atoms with Crippen LogP contribution in [0.1, 0.15) is 81.4 Å². The molecule has 0 saturated heterocycles. The summed E-state index contributed by atoms with van der Waals surface area (Å²) in [5.74, 6) is -0.181. The van der Waals surface area contributed by atoms with Crippen LogP contribution in [0.2, 0.25) is 0 Å². The van der Waals surface area contributed by atoms with Crippen LogP contribution in [0.5, 0.6) is 0 Å². The van der Waals surface area contributed by atoms with Gasteiger partial charge in [0.1, 0.15) is 6.61 Å². The molecule has 0 aliphatic rings. The number of hydrogen-bond donors (Lipinski definition) is 1. The van der Waals surface area contributed by atoms with Gasteiger partial charge in [0.15, 0.2) is 0 Å². The number of anilines is 2. The number of carbonyl (C=O) groups excluding carboxylic acids is 2. The second-order valence-corrected chi connectivity index (χ2v) is 11.3. The van der Waals surface area contributed by atoms with Crippen LogP contribution in [0, 0.1) is 0 Å². The van der Waals surface area contributed by atoms with Crippen LogP contribution in [-0.2, 0) is 27.5 Å². The first-order valence-electron chi connectivity index (χ1n) is 15.7. The third-order valence-corrected chi connectivity index (χ3v) is 7.28. The lowest BCUT2D eigenvalue weighted by Crippen LogP contribution is -2.18. The van der Waals surface area contributed by atoms with E-state index in [4.69, 9.17) is 4.74 Å². The van der Waals surface area contributed by atoms with Gasteiger partial charge in [-0.3, -0.25) is 9.59 Å². The van der Waals surface area contributed by atoms with Crippen molar-refractivity contribution in [2.45, 2.75) is 77.9 Å². The summed E-state index contributed by atoms with van der Waals surface area (Å²) in [6.45, 7) is 4.09. The first-order valence-corrected chi connectivity index (χ1v) is 15.7. The first kappa shape index (κ1) is 33.4. The van der Waals surface area contributed by atoms with Crippen molar-refractivity contribution < 1.29 is 14.3 Å². The Kier molecular flexibility index (Phi) is 14.9. The molecule has 0 aliphatic carbocycles. The van der Waals surface area contributed by atoms with Crippen molar-refractivity contribution >= 4 is 29.3 Å². The molecule has 0 radical (unpaired) electrons. The Morgan fingerprint density at radius 1 is 0.791 bits per heavy atom. The van der Waals surface area contributed by atoms with E-state index in [1.165, 1.54) is 24.0 Å². The summed E-state index contributed by atoms with van der Waals surface area (Å²) in [6, 6.07) is 26.9. The average Bonchev–Trinajstić information content (AvgIpc) is 3.01. The first-order chi connectivity index (χ1) is 20.9. The molecule has 43 heavy (non-hydrogen) atoms. The van der Waals surface area contributed by atoms with Crippen molar-refractivity contribution in [3.05, 3.63) is 102 Å². The fourth-order valence-corrected chi connectivity index (χ4v) is 4.90. The van der Waals surface area contributed by atoms with Crippen molar-refractivity contribution in [2.24, 2.45) is 0 Å². The highest BCUT2D eigenvalue weighted by atomic mass is 16.5. The highest BCUT2D eigenvalue weighted by Crippen LogP contribution is 2.26. The number of unbranched alkanes of at least 4 members (excludes halogenated alkanes) is 5. The van der Waals surface area contributed by atoms with Crippen LogP contribution in [-0.4, -0.2) is 37.4 Å². The monoisotopic (exact) mass is 583 g/mol. The Balaban J connectivity index is 1.37. The van der Waals surface area contributed by atoms with Gasteiger partial charge in [-0.25, -0.2) is 0 Å². The van der Waals surface area contributed by atoms with Gasteiger partial charge in [0.05, 0.1) is 11.4 Å². The van der Waals surface area contributed by atoms with Crippen LogP contribution in [0.4, 0.5) is 11.4 Å². The van der Waals surface area contributed by atoms with Gasteiger partial charge in [-0.1, -0.05) is 99.3 Å². The number of nitrogens with one attached hydrogen (secondary N) is 1. The summed E-state index contributed by atoms with van der Waals surface area (Å²) in [5.41, 5.74) is 5.07. The van der Waals surface area contributed by atoms with Crippen LogP contribution >= 0.6 is 0 Å². The minimum Gasteiger partial charge on any atom is -0.461 e. The number of ether oxygens (including phenoxy) is 1. The van der Waals surface area contributed by atoms with E-state index in [1.54, 1.807) is 0 Å². The SMILES string of the molecule is CCCC(=O)OCc1ccc(N(C)C)c(NC(=O)CCCCCCCCN(C=Cc2ccccc2)Cc2ccccc2)c1. The summed E-state index contributed by atoms with van der Waals surface area (Å²) in [4.78, 5) is 28.9. The summed E-state index contributed by atoms with van der Waals surface area (Å²) < 4.78 is 5.35. The summed E-state index contributed by atoms with van der Waals surface area (Å²) in [5, 5.41) is 3.08. The number of rotatable bonds is 19. The normalized spacial score (nSPS) is 11.0. The van der Waals surface area contributed by atoms with Crippen LogP contribution in [0.25, 0.3) is 6.08 Å². The summed E-state index contributed by atoms with van der Waals surface area (Å²) in [7, 11) is 3.90. The average molecular weight is 584 g/mol. The topological polar surface area (TPSA) is 61.9 Å². The third kappa shape index (κ3) is 13.2. The number of carbonyl (C=O) groups is 2. The summed E-state index contributed by atoms with van der Waals surface area (Å²) in [6.07, 6.45) is 12.6. The Hall–Kier alpha value is -4.06. The molecule has 0 heterocycles. The van der Waals surface area contributed by atoms with Gasteiger partial charge in [0.2, 0.25) is 5.91 Å². The minimum atomic E-state index is -0.200. The maximum atomic E-state index is 12.7. The highest BCUT2D eigenvalue weighted by Gasteiger charge is 2.11. The van der Waals surface area contributed by atoms with Gasteiger partial charge in [-0.05, 0) is 60.4 Å². The lowest BCUT2D eigenvalue weighted by molar-refractivity contribution is -0.145. The molecule has 3 aromatic rings. The molecule has 3 rings (SSSR count). The molecular formula is C37H49N3O3. The molecular weight excluding hydrogens is 534 g/mol. The zero-order chi connectivity index (χ0) is 30.7. The molecule has 3 aromatic carbocycles. The van der Waals surface area contributed by atoms with Gasteiger partial charge in [-0.15, -0.1) is 0 Å². The predicted molar refractivity (Wildman–Crippen MR) is 179 cm³/mol. The number of hydrogen-bond acceptors (Lipinski definition) is 5. The van der Waals surface area contributed by atoms with E-state index in [9.17, 15) is 9.59 Å².